The molecule has 27 heavy (non-hydrogen) atoms. The number of hydrogen-bond acceptors (Lipinski definition) is 5. The van der Waals surface area contributed by atoms with Gasteiger partial charge >= 0.3 is 6.18 Å². The largest absolute Gasteiger partial charge is 0.486 e. The lowest BCUT2D eigenvalue weighted by molar-refractivity contribution is -0.263. The van der Waals surface area contributed by atoms with Gasteiger partial charge in [0.15, 0.2) is 17.1 Å². The fourth-order valence-corrected chi connectivity index (χ4v) is 3.63. The van der Waals surface area contributed by atoms with Gasteiger partial charge in [-0.1, -0.05) is 30.3 Å². The van der Waals surface area contributed by atoms with Crippen LogP contribution in [0.15, 0.2) is 53.4 Å². The summed E-state index contributed by atoms with van der Waals surface area (Å²) in [6.45, 7) is -0.740. The normalized spacial score (nSPS) is 16.6. The van der Waals surface area contributed by atoms with E-state index >= 15 is 0 Å². The lowest BCUT2D eigenvalue weighted by Gasteiger charge is -2.31. The average molecular weight is 403 g/mol. The lowest BCUT2D eigenvalue weighted by Crippen LogP contribution is -2.51. The van der Waals surface area contributed by atoms with Crippen LogP contribution in [0.4, 0.5) is 13.2 Å². The molecular formula is C17H16F3NO5S. The second-order valence-corrected chi connectivity index (χ2v) is 7.62. The Morgan fingerprint density at radius 1 is 1.00 bits per heavy atom. The summed E-state index contributed by atoms with van der Waals surface area (Å²) in [6.07, 6.45) is -5.09. The third-order valence-electron chi connectivity index (χ3n) is 4.06. The zero-order valence-corrected chi connectivity index (χ0v) is 14.7. The SMILES string of the molecule is O=S(=O)(NC[C@@](O)(c1ccccc1)C(F)(F)F)c1ccc2c(c1)OCCO2. The molecule has 0 saturated carbocycles. The van der Waals surface area contributed by atoms with Crippen LogP contribution >= 0.6 is 0 Å². The second-order valence-electron chi connectivity index (χ2n) is 5.85. The molecule has 2 aromatic carbocycles. The molecule has 1 atom stereocenters. The van der Waals surface area contributed by atoms with Crippen molar-refractivity contribution >= 4 is 10.0 Å². The van der Waals surface area contributed by atoms with Crippen LogP contribution in [0.25, 0.3) is 0 Å². The lowest BCUT2D eigenvalue weighted by atomic mass is 9.93. The molecule has 0 aliphatic carbocycles. The average Bonchev–Trinajstić information content (AvgIpc) is 2.65. The van der Waals surface area contributed by atoms with Gasteiger partial charge in [-0.15, -0.1) is 0 Å². The number of halogens is 3. The first-order valence-corrected chi connectivity index (χ1v) is 9.36. The molecular weight excluding hydrogens is 387 g/mol. The van der Waals surface area contributed by atoms with Crippen molar-refractivity contribution in [1.82, 2.24) is 4.72 Å². The number of nitrogens with one attached hydrogen (secondary N) is 1. The molecule has 0 unspecified atom stereocenters. The highest BCUT2D eigenvalue weighted by Gasteiger charge is 2.55. The van der Waals surface area contributed by atoms with Crippen LogP contribution in [0.1, 0.15) is 5.56 Å². The topological polar surface area (TPSA) is 84.9 Å². The molecule has 10 heteroatoms. The standard InChI is InChI=1S/C17H16F3NO5S/c18-17(19,20)16(22,12-4-2-1-3-5-12)11-21-27(23,24)13-6-7-14-15(10-13)26-9-8-25-14/h1-7,10,21-22H,8-9,11H2/t16-/m1/s1. The van der Waals surface area contributed by atoms with Gasteiger partial charge in [0.05, 0.1) is 11.4 Å². The third kappa shape index (κ3) is 3.87. The van der Waals surface area contributed by atoms with E-state index < -0.39 is 33.9 Å². The van der Waals surface area contributed by atoms with Crippen molar-refractivity contribution in [3.63, 3.8) is 0 Å². The quantitative estimate of drug-likeness (QED) is 0.800. The molecule has 0 radical (unpaired) electrons. The summed E-state index contributed by atoms with van der Waals surface area (Å²) in [5.41, 5.74) is -3.85. The summed E-state index contributed by atoms with van der Waals surface area (Å²) < 4.78 is 77.7. The molecule has 2 aromatic rings. The molecule has 0 bridgehead atoms. The van der Waals surface area contributed by atoms with Crippen molar-refractivity contribution in [2.75, 3.05) is 19.8 Å². The van der Waals surface area contributed by atoms with Crippen molar-refractivity contribution in [2.24, 2.45) is 0 Å². The zero-order chi connectivity index (χ0) is 19.7. The van der Waals surface area contributed by atoms with Crippen LogP contribution in [0.2, 0.25) is 0 Å². The number of benzene rings is 2. The Bertz CT molecular complexity index is 918. The van der Waals surface area contributed by atoms with E-state index in [0.717, 1.165) is 18.2 Å². The minimum Gasteiger partial charge on any atom is -0.486 e. The maximum absolute atomic E-state index is 13.5. The molecule has 146 valence electrons. The van der Waals surface area contributed by atoms with E-state index in [1.807, 2.05) is 4.72 Å². The highest BCUT2D eigenvalue weighted by atomic mass is 32.2. The number of fused-ring (bicyclic) bond motifs is 1. The van der Waals surface area contributed by atoms with Crippen molar-refractivity contribution in [3.8, 4) is 11.5 Å². The summed E-state index contributed by atoms with van der Waals surface area (Å²) >= 11 is 0. The molecule has 0 aromatic heterocycles. The Labute approximate surface area is 153 Å². The number of aliphatic hydroxyl groups is 1. The number of alkyl halides is 3. The Hall–Kier alpha value is -2.30. The Kier molecular flexibility index (Phi) is 5.06. The van der Waals surface area contributed by atoms with E-state index in [9.17, 15) is 26.7 Å². The number of hydrogen-bond donors (Lipinski definition) is 2. The van der Waals surface area contributed by atoms with Crippen molar-refractivity contribution in [2.45, 2.75) is 16.7 Å². The monoisotopic (exact) mass is 403 g/mol. The van der Waals surface area contributed by atoms with Crippen molar-refractivity contribution in [3.05, 3.63) is 54.1 Å². The van der Waals surface area contributed by atoms with Gasteiger partial charge in [0.2, 0.25) is 10.0 Å². The van der Waals surface area contributed by atoms with Crippen LogP contribution in [-0.4, -0.2) is 39.5 Å². The Morgan fingerprint density at radius 3 is 2.26 bits per heavy atom. The van der Waals surface area contributed by atoms with Gasteiger partial charge in [-0.05, 0) is 17.7 Å². The zero-order valence-electron chi connectivity index (χ0n) is 13.9. The minimum absolute atomic E-state index is 0.179. The fourth-order valence-electron chi connectivity index (χ4n) is 2.55. The summed E-state index contributed by atoms with van der Waals surface area (Å²) in [4.78, 5) is -0.302. The number of rotatable bonds is 5. The fraction of sp³-hybridized carbons (Fsp3) is 0.294. The van der Waals surface area contributed by atoms with Crippen molar-refractivity contribution in [1.29, 1.82) is 0 Å². The summed E-state index contributed by atoms with van der Waals surface area (Å²) in [5, 5.41) is 10.2. The van der Waals surface area contributed by atoms with Crippen LogP contribution in [0.5, 0.6) is 11.5 Å². The Balaban J connectivity index is 1.87. The molecule has 2 N–H and O–H groups in total. The highest BCUT2D eigenvalue weighted by Crippen LogP contribution is 2.39. The molecule has 0 amide bonds. The highest BCUT2D eigenvalue weighted by molar-refractivity contribution is 7.89. The first-order valence-electron chi connectivity index (χ1n) is 7.87. The van der Waals surface area contributed by atoms with Gasteiger partial charge in [-0.3, -0.25) is 0 Å². The van der Waals surface area contributed by atoms with Crippen LogP contribution in [0.3, 0.4) is 0 Å². The first kappa shape index (κ1) is 19.5. The molecule has 3 rings (SSSR count). The first-order chi connectivity index (χ1) is 12.6. The molecule has 6 nitrogen and oxygen atoms in total. The van der Waals surface area contributed by atoms with Gasteiger partial charge < -0.3 is 14.6 Å². The molecule has 0 fully saturated rings. The van der Waals surface area contributed by atoms with Gasteiger partial charge in [0.25, 0.3) is 0 Å². The molecule has 0 saturated heterocycles. The maximum atomic E-state index is 13.5. The van der Waals surface area contributed by atoms with Crippen LogP contribution in [-0.2, 0) is 15.6 Å². The predicted octanol–water partition coefficient (Wildman–Crippen LogP) is 2.19. The predicted molar refractivity (Wildman–Crippen MR) is 89.0 cm³/mol. The molecule has 1 aliphatic heterocycles. The third-order valence-corrected chi connectivity index (χ3v) is 5.46. The van der Waals surface area contributed by atoms with E-state index in [-0.39, 0.29) is 17.3 Å². The van der Waals surface area contributed by atoms with Gasteiger partial charge in [-0.2, -0.15) is 13.2 Å². The summed E-state index contributed by atoms with van der Waals surface area (Å²) in [5.74, 6) is 0.523. The number of sulfonamides is 1. The van der Waals surface area contributed by atoms with Gasteiger partial charge in [-0.25, -0.2) is 13.1 Å². The van der Waals surface area contributed by atoms with Crippen LogP contribution < -0.4 is 14.2 Å². The second kappa shape index (κ2) is 7.02. The van der Waals surface area contributed by atoms with Gasteiger partial charge in [0, 0.05) is 6.07 Å². The van der Waals surface area contributed by atoms with E-state index in [0.29, 0.717) is 12.4 Å². The van der Waals surface area contributed by atoms with E-state index in [1.54, 1.807) is 0 Å². The van der Waals surface area contributed by atoms with Gasteiger partial charge in [0.1, 0.15) is 13.2 Å². The van der Waals surface area contributed by atoms with Crippen LogP contribution in [0, 0.1) is 0 Å². The Morgan fingerprint density at radius 2 is 1.63 bits per heavy atom. The summed E-state index contributed by atoms with van der Waals surface area (Å²) in [7, 11) is -4.34. The van der Waals surface area contributed by atoms with E-state index in [1.165, 1.54) is 30.3 Å². The van der Waals surface area contributed by atoms with E-state index in [4.69, 9.17) is 9.47 Å². The number of ether oxygens (including phenoxy) is 2. The minimum atomic E-state index is -5.09. The molecule has 0 spiro atoms. The molecule has 1 aliphatic rings. The van der Waals surface area contributed by atoms with E-state index in [2.05, 4.69) is 0 Å². The summed E-state index contributed by atoms with van der Waals surface area (Å²) in [6, 6.07) is 9.98. The molecule has 1 heterocycles. The maximum Gasteiger partial charge on any atom is 0.422 e. The van der Waals surface area contributed by atoms with Crippen molar-refractivity contribution < 1.29 is 36.2 Å². The smallest absolute Gasteiger partial charge is 0.422 e.